The van der Waals surface area contributed by atoms with Crippen LogP contribution in [0.25, 0.3) is 53.9 Å². The molecule has 1 N–H and O–H groups in total. The molecule has 3 heterocycles. The third-order valence-electron chi connectivity index (χ3n) is 9.60. The van der Waals surface area contributed by atoms with E-state index in [0.717, 1.165) is 51.0 Å². The minimum atomic E-state index is 0.0337. The van der Waals surface area contributed by atoms with E-state index in [2.05, 4.69) is 140 Å². The summed E-state index contributed by atoms with van der Waals surface area (Å²) in [5, 5.41) is 10.1. The van der Waals surface area contributed by atoms with Gasteiger partial charge in [-0.1, -0.05) is 104 Å². The summed E-state index contributed by atoms with van der Waals surface area (Å²) in [6.07, 6.45) is 0.929. The highest BCUT2D eigenvalue weighted by Crippen LogP contribution is 2.51. The Bertz CT molecular complexity index is 2480. The van der Waals surface area contributed by atoms with Crippen molar-refractivity contribution in [2.45, 2.75) is 26.3 Å². The van der Waals surface area contributed by atoms with Gasteiger partial charge in [0.2, 0.25) is 0 Å². The first-order valence-electron chi connectivity index (χ1n) is 16.0. The fraction of sp³-hybridized carbons (Fsp3) is 0.119. The van der Waals surface area contributed by atoms with Crippen LogP contribution in [0.5, 0.6) is 0 Å². The number of hydrogen-bond donors (Lipinski definition) is 1. The normalized spacial score (nSPS) is 16.3. The lowest BCUT2D eigenvalue weighted by atomic mass is 9.83. The lowest BCUT2D eigenvalue weighted by Gasteiger charge is -2.33. The average molecular weight is 613 g/mol. The third-order valence-corrected chi connectivity index (χ3v) is 10.8. The molecule has 4 heteroatoms. The van der Waals surface area contributed by atoms with Crippen LogP contribution >= 0.6 is 11.3 Å². The van der Waals surface area contributed by atoms with E-state index in [1.54, 1.807) is 0 Å². The van der Waals surface area contributed by atoms with Crippen molar-refractivity contribution in [1.29, 1.82) is 0 Å². The maximum atomic E-state index is 6.57. The van der Waals surface area contributed by atoms with Gasteiger partial charge in [0.15, 0.2) is 0 Å². The number of benzene rings is 6. The molecule has 3 nitrogen and oxygen atoms in total. The number of thiophene rings is 1. The maximum Gasteiger partial charge on any atom is 0.144 e. The fourth-order valence-corrected chi connectivity index (χ4v) is 8.64. The zero-order valence-corrected chi connectivity index (χ0v) is 26.6. The summed E-state index contributed by atoms with van der Waals surface area (Å²) in [7, 11) is 0. The second kappa shape index (κ2) is 10.7. The van der Waals surface area contributed by atoms with Crippen LogP contribution in [0, 0.1) is 12.8 Å². The van der Waals surface area contributed by atoms with Gasteiger partial charge in [-0.2, -0.15) is 0 Å². The average Bonchev–Trinajstić information content (AvgIpc) is 3.67. The molecular weight excluding hydrogens is 581 g/mol. The van der Waals surface area contributed by atoms with Gasteiger partial charge in [0.1, 0.15) is 11.2 Å². The number of para-hydroxylation sites is 3. The van der Waals surface area contributed by atoms with Crippen LogP contribution in [0.4, 0.5) is 11.4 Å². The largest absolute Gasteiger partial charge is 0.455 e. The Balaban J connectivity index is 1.24. The first kappa shape index (κ1) is 27.1. The molecule has 8 aromatic rings. The number of anilines is 1. The van der Waals surface area contributed by atoms with Crippen molar-refractivity contribution in [3.05, 3.63) is 143 Å². The van der Waals surface area contributed by atoms with Crippen LogP contribution in [0.1, 0.15) is 35.4 Å². The van der Waals surface area contributed by atoms with Gasteiger partial charge >= 0.3 is 0 Å². The Kier molecular flexibility index (Phi) is 6.32. The number of hydrogen-bond acceptors (Lipinski definition) is 4. The second-order valence-corrected chi connectivity index (χ2v) is 13.4. The van der Waals surface area contributed by atoms with E-state index < -0.39 is 0 Å². The minimum absolute atomic E-state index is 0.0337. The maximum absolute atomic E-state index is 6.57. The molecular formula is C42H32N2OS. The monoisotopic (exact) mass is 612 g/mol. The smallest absolute Gasteiger partial charge is 0.144 e. The minimum Gasteiger partial charge on any atom is -0.455 e. The van der Waals surface area contributed by atoms with Gasteiger partial charge in [-0.15, -0.1) is 11.3 Å². The van der Waals surface area contributed by atoms with E-state index in [-0.39, 0.29) is 12.0 Å². The van der Waals surface area contributed by atoms with E-state index in [1.807, 2.05) is 17.4 Å². The Morgan fingerprint density at radius 3 is 2.26 bits per heavy atom. The molecule has 9 rings (SSSR count). The van der Waals surface area contributed by atoms with Crippen LogP contribution in [-0.4, -0.2) is 5.71 Å². The van der Waals surface area contributed by atoms with Gasteiger partial charge in [0, 0.05) is 43.6 Å². The number of aryl methyl sites for hydroxylation is 1. The van der Waals surface area contributed by atoms with Crippen molar-refractivity contribution in [2.24, 2.45) is 10.9 Å². The molecule has 0 bridgehead atoms. The molecule has 2 atom stereocenters. The first-order chi connectivity index (χ1) is 22.7. The van der Waals surface area contributed by atoms with Gasteiger partial charge in [-0.25, -0.2) is 0 Å². The number of nitrogens with one attached hydrogen (secondary N) is 1. The zero-order valence-electron chi connectivity index (χ0n) is 25.7. The molecule has 0 aliphatic carbocycles. The summed E-state index contributed by atoms with van der Waals surface area (Å²) in [6, 6.07) is 45.6. The summed E-state index contributed by atoms with van der Waals surface area (Å²) in [5.74, 6) is 0.130. The van der Waals surface area contributed by atoms with E-state index >= 15 is 0 Å². The van der Waals surface area contributed by atoms with Crippen molar-refractivity contribution in [3.63, 3.8) is 0 Å². The number of furan rings is 1. The standard InChI is InChI=1S/C42H32N2OS/c1-3-28-38(33-19-12-18-31-30-16-7-10-21-36(30)45-41(31)33)44-40-32-17-8-11-22-37(32)46-42(40)39(28)43-35-20-9-6-15-29(35)34-24-27-14-5-4-13-26(27)23-25(34)2/h4-24,28,39,43H,3H2,1-2H3. The van der Waals surface area contributed by atoms with Crippen LogP contribution in [0.2, 0.25) is 0 Å². The molecule has 0 fully saturated rings. The predicted molar refractivity (Wildman–Crippen MR) is 196 cm³/mol. The lowest BCUT2D eigenvalue weighted by molar-refractivity contribution is 0.568. The number of fused-ring (bicyclic) bond motifs is 7. The molecule has 0 saturated carbocycles. The van der Waals surface area contributed by atoms with Gasteiger partial charge in [0.25, 0.3) is 0 Å². The second-order valence-electron chi connectivity index (χ2n) is 12.3. The van der Waals surface area contributed by atoms with Crippen molar-refractivity contribution in [1.82, 2.24) is 0 Å². The van der Waals surface area contributed by atoms with Crippen molar-refractivity contribution in [3.8, 4) is 11.1 Å². The number of aliphatic imine (C=N–C) groups is 1. The zero-order chi connectivity index (χ0) is 30.8. The summed E-state index contributed by atoms with van der Waals surface area (Å²) in [5.41, 5.74) is 9.92. The topological polar surface area (TPSA) is 37.5 Å². The Morgan fingerprint density at radius 1 is 0.696 bits per heavy atom. The lowest BCUT2D eigenvalue weighted by Crippen LogP contribution is -2.30. The van der Waals surface area contributed by atoms with E-state index in [4.69, 9.17) is 9.41 Å². The third kappa shape index (κ3) is 4.21. The van der Waals surface area contributed by atoms with Gasteiger partial charge in [-0.05, 0) is 65.6 Å². The van der Waals surface area contributed by atoms with E-state index in [1.165, 1.54) is 42.4 Å². The van der Waals surface area contributed by atoms with E-state index in [9.17, 15) is 0 Å². The highest BCUT2D eigenvalue weighted by Gasteiger charge is 2.37. The molecule has 1 aliphatic rings. The van der Waals surface area contributed by atoms with Crippen molar-refractivity contribution < 1.29 is 4.42 Å². The van der Waals surface area contributed by atoms with Crippen LogP contribution in [0.15, 0.2) is 137 Å². The van der Waals surface area contributed by atoms with Gasteiger partial charge < -0.3 is 9.73 Å². The van der Waals surface area contributed by atoms with E-state index in [0.29, 0.717) is 0 Å². The highest BCUT2D eigenvalue weighted by molar-refractivity contribution is 7.19. The molecule has 46 heavy (non-hydrogen) atoms. The van der Waals surface area contributed by atoms with Crippen LogP contribution < -0.4 is 5.32 Å². The summed E-state index contributed by atoms with van der Waals surface area (Å²) >= 11 is 1.86. The fourth-order valence-electron chi connectivity index (χ4n) is 7.38. The molecule has 0 amide bonds. The summed E-state index contributed by atoms with van der Waals surface area (Å²) < 4.78 is 7.83. The molecule has 6 aromatic carbocycles. The molecule has 0 radical (unpaired) electrons. The molecule has 0 spiro atoms. The molecule has 2 unspecified atom stereocenters. The molecule has 1 aliphatic heterocycles. The molecule has 2 aromatic heterocycles. The number of rotatable bonds is 5. The Morgan fingerprint density at radius 2 is 1.39 bits per heavy atom. The van der Waals surface area contributed by atoms with Crippen LogP contribution in [-0.2, 0) is 0 Å². The van der Waals surface area contributed by atoms with Gasteiger partial charge in [0.05, 0.1) is 22.3 Å². The Hall–Kier alpha value is -5.19. The highest BCUT2D eigenvalue weighted by atomic mass is 32.1. The predicted octanol–water partition coefficient (Wildman–Crippen LogP) is 12.2. The van der Waals surface area contributed by atoms with Crippen molar-refractivity contribution in [2.75, 3.05) is 5.32 Å². The number of nitrogens with zero attached hydrogens (tertiary/aromatic N) is 1. The summed E-state index contributed by atoms with van der Waals surface area (Å²) in [6.45, 7) is 4.50. The first-order valence-corrected chi connectivity index (χ1v) is 16.9. The van der Waals surface area contributed by atoms with Crippen molar-refractivity contribution >= 4 is 71.2 Å². The SMILES string of the molecule is CCC1C(c2cccc3c2oc2ccccc23)=Nc2c(sc3ccccc23)C1Nc1ccccc1-c1cc2ccccc2cc1C. The molecule has 222 valence electrons. The Labute approximate surface area is 271 Å². The summed E-state index contributed by atoms with van der Waals surface area (Å²) in [4.78, 5) is 6.81. The molecule has 0 saturated heterocycles. The van der Waals surface area contributed by atoms with Gasteiger partial charge in [-0.3, -0.25) is 4.99 Å². The van der Waals surface area contributed by atoms with Crippen LogP contribution in [0.3, 0.4) is 0 Å². The quantitative estimate of drug-likeness (QED) is 0.210.